The summed E-state index contributed by atoms with van der Waals surface area (Å²) >= 11 is 0. The van der Waals surface area contributed by atoms with Gasteiger partial charge in [0, 0.05) is 0 Å². The van der Waals surface area contributed by atoms with Crippen molar-refractivity contribution in [1.29, 1.82) is 0 Å². The number of hydrogen-bond donors (Lipinski definition) is 0. The quantitative estimate of drug-likeness (QED) is 0.639. The predicted octanol–water partition coefficient (Wildman–Crippen LogP) is 3.45. The van der Waals surface area contributed by atoms with Crippen LogP contribution in [-0.4, -0.2) is 5.48 Å². The average Bonchev–Trinajstić information content (AvgIpc) is 2.96. The first-order chi connectivity index (χ1) is 6.72. The minimum Gasteiger partial charge on any atom is -0.412 e. The lowest BCUT2D eigenvalue weighted by Gasteiger charge is -2.35. The summed E-state index contributed by atoms with van der Waals surface area (Å²) in [4.78, 5) is 0. The predicted molar refractivity (Wildman–Crippen MR) is 65.7 cm³/mol. The van der Waals surface area contributed by atoms with Gasteiger partial charge in [0.15, 0.2) is 0 Å². The molecule has 1 nitrogen and oxygen atoms in total. The molecule has 88 valence electrons. The Hall–Kier alpha value is -0.300. The Morgan fingerprint density at radius 2 is 1.60 bits per heavy atom. The first kappa shape index (κ1) is 12.8. The topological polar surface area (TPSA) is 31.5 Å². The van der Waals surface area contributed by atoms with Gasteiger partial charge in [0.1, 0.15) is 0 Å². The molecule has 0 radical (unpaired) electrons. The van der Waals surface area contributed by atoms with Gasteiger partial charge in [-0.05, 0) is 55.3 Å². The molecule has 0 aliphatic heterocycles. The van der Waals surface area contributed by atoms with Crippen molar-refractivity contribution >= 4 is 0 Å². The van der Waals surface area contributed by atoms with Crippen LogP contribution in [0.25, 0.3) is 0 Å². The van der Waals surface area contributed by atoms with Crippen molar-refractivity contribution in [2.75, 3.05) is 0 Å². The highest BCUT2D eigenvalue weighted by Crippen LogP contribution is 2.47. The fourth-order valence-corrected chi connectivity index (χ4v) is 3.19. The van der Waals surface area contributed by atoms with Gasteiger partial charge in [0.05, 0.1) is 0 Å². The molecule has 0 aromatic rings. The van der Waals surface area contributed by atoms with E-state index in [1.807, 2.05) is 0 Å². The van der Waals surface area contributed by atoms with Crippen LogP contribution in [0.4, 0.5) is 0 Å². The molecule has 0 heterocycles. The third-order valence-electron chi connectivity index (χ3n) is 4.62. The van der Waals surface area contributed by atoms with Crippen LogP contribution in [0.1, 0.15) is 46.0 Å². The highest BCUT2D eigenvalue weighted by Gasteiger charge is 2.37. The fourth-order valence-electron chi connectivity index (χ4n) is 3.19. The van der Waals surface area contributed by atoms with Crippen LogP contribution in [-0.2, 0) is 0 Å². The standard InChI is InChI=1S/C14H24.H2O/c1-4-14(12-7-8-12)13-6-5-10(2)11(3)9-13;/h4,10-14H,1,5-9H2,2-3H3;1H2. The molecule has 2 aliphatic carbocycles. The van der Waals surface area contributed by atoms with E-state index >= 15 is 0 Å². The molecule has 2 fully saturated rings. The van der Waals surface area contributed by atoms with Crippen molar-refractivity contribution in [1.82, 2.24) is 0 Å². The highest BCUT2D eigenvalue weighted by molar-refractivity contribution is 4.96. The molecule has 15 heavy (non-hydrogen) atoms. The van der Waals surface area contributed by atoms with Gasteiger partial charge in [-0.15, -0.1) is 6.58 Å². The summed E-state index contributed by atoms with van der Waals surface area (Å²) in [6.07, 6.45) is 9.55. The van der Waals surface area contributed by atoms with E-state index in [0.717, 1.165) is 29.6 Å². The summed E-state index contributed by atoms with van der Waals surface area (Å²) in [5.74, 6) is 4.72. The maximum Gasteiger partial charge on any atom is -0.0179 e. The Labute approximate surface area is 94.3 Å². The van der Waals surface area contributed by atoms with Crippen molar-refractivity contribution in [2.45, 2.75) is 46.0 Å². The van der Waals surface area contributed by atoms with Gasteiger partial charge < -0.3 is 5.48 Å². The van der Waals surface area contributed by atoms with Gasteiger partial charge in [-0.25, -0.2) is 0 Å². The van der Waals surface area contributed by atoms with Crippen molar-refractivity contribution in [3.05, 3.63) is 12.7 Å². The van der Waals surface area contributed by atoms with Gasteiger partial charge in [-0.2, -0.15) is 0 Å². The molecule has 1 heteroatoms. The second-order valence-corrected chi connectivity index (χ2v) is 5.68. The molecule has 2 N–H and O–H groups in total. The Morgan fingerprint density at radius 1 is 1.00 bits per heavy atom. The second-order valence-electron chi connectivity index (χ2n) is 5.68. The van der Waals surface area contributed by atoms with Crippen molar-refractivity contribution in [3.8, 4) is 0 Å². The summed E-state index contributed by atoms with van der Waals surface area (Å²) in [6.45, 7) is 8.89. The molecule has 0 aromatic carbocycles. The number of rotatable bonds is 3. The third-order valence-corrected chi connectivity index (χ3v) is 4.62. The molecular formula is C14H26O. The molecule has 2 saturated carbocycles. The molecule has 0 saturated heterocycles. The number of hydrogen-bond acceptors (Lipinski definition) is 0. The van der Waals surface area contributed by atoms with E-state index in [9.17, 15) is 0 Å². The monoisotopic (exact) mass is 210 g/mol. The van der Waals surface area contributed by atoms with Gasteiger partial charge in [-0.3, -0.25) is 0 Å². The molecule has 4 unspecified atom stereocenters. The van der Waals surface area contributed by atoms with E-state index in [0.29, 0.717) is 0 Å². The van der Waals surface area contributed by atoms with E-state index in [1.54, 1.807) is 0 Å². The summed E-state index contributed by atoms with van der Waals surface area (Å²) in [6, 6.07) is 0. The minimum absolute atomic E-state index is 0. The Morgan fingerprint density at radius 3 is 2.07 bits per heavy atom. The molecule has 0 amide bonds. The van der Waals surface area contributed by atoms with Gasteiger partial charge in [-0.1, -0.05) is 26.3 Å². The maximum absolute atomic E-state index is 4.04. The van der Waals surface area contributed by atoms with Crippen molar-refractivity contribution in [3.63, 3.8) is 0 Å². The first-order valence-corrected chi connectivity index (χ1v) is 6.35. The molecule has 4 atom stereocenters. The normalized spacial score (nSPS) is 37.9. The van der Waals surface area contributed by atoms with Crippen LogP contribution in [0.3, 0.4) is 0 Å². The maximum atomic E-state index is 4.04. The Bertz CT molecular complexity index is 207. The molecule has 2 aliphatic rings. The molecule has 0 bridgehead atoms. The molecule has 0 spiro atoms. The summed E-state index contributed by atoms with van der Waals surface area (Å²) < 4.78 is 0. The van der Waals surface area contributed by atoms with Crippen LogP contribution in [0, 0.1) is 29.6 Å². The fraction of sp³-hybridized carbons (Fsp3) is 0.857. The van der Waals surface area contributed by atoms with Crippen molar-refractivity contribution in [2.24, 2.45) is 29.6 Å². The third kappa shape index (κ3) is 2.84. The molecular weight excluding hydrogens is 184 g/mol. The van der Waals surface area contributed by atoms with Gasteiger partial charge in [0.2, 0.25) is 0 Å². The summed E-state index contributed by atoms with van der Waals surface area (Å²) in [7, 11) is 0. The highest BCUT2D eigenvalue weighted by atomic mass is 16.0. The van der Waals surface area contributed by atoms with Gasteiger partial charge >= 0.3 is 0 Å². The SMILES string of the molecule is C=CC(C1CC1)C1CCC(C)C(C)C1.O. The smallest absolute Gasteiger partial charge is 0.0179 e. The largest absolute Gasteiger partial charge is 0.412 e. The van der Waals surface area contributed by atoms with Crippen LogP contribution >= 0.6 is 0 Å². The zero-order valence-electron chi connectivity index (χ0n) is 10.2. The van der Waals surface area contributed by atoms with Gasteiger partial charge in [0.25, 0.3) is 0 Å². The zero-order chi connectivity index (χ0) is 10.1. The van der Waals surface area contributed by atoms with E-state index < -0.39 is 0 Å². The van der Waals surface area contributed by atoms with E-state index in [4.69, 9.17) is 0 Å². The van der Waals surface area contributed by atoms with Crippen LogP contribution in [0.5, 0.6) is 0 Å². The lowest BCUT2D eigenvalue weighted by Crippen LogP contribution is -2.26. The second kappa shape index (κ2) is 5.16. The lowest BCUT2D eigenvalue weighted by molar-refractivity contribution is 0.165. The minimum atomic E-state index is 0. The number of allylic oxidation sites excluding steroid dienone is 1. The molecule has 2 rings (SSSR count). The van der Waals surface area contributed by atoms with E-state index in [2.05, 4.69) is 26.5 Å². The van der Waals surface area contributed by atoms with Crippen LogP contribution in [0.15, 0.2) is 12.7 Å². The van der Waals surface area contributed by atoms with Crippen LogP contribution in [0.2, 0.25) is 0 Å². The summed E-state index contributed by atoms with van der Waals surface area (Å²) in [5.41, 5.74) is 0. The molecule has 0 aromatic heterocycles. The van der Waals surface area contributed by atoms with E-state index in [1.165, 1.54) is 32.1 Å². The lowest BCUT2D eigenvalue weighted by atomic mass is 9.70. The van der Waals surface area contributed by atoms with Crippen molar-refractivity contribution < 1.29 is 5.48 Å². The first-order valence-electron chi connectivity index (χ1n) is 6.35. The summed E-state index contributed by atoms with van der Waals surface area (Å²) in [5, 5.41) is 0. The Kier molecular flexibility index (Phi) is 4.39. The Balaban J connectivity index is 0.00000112. The average molecular weight is 210 g/mol. The zero-order valence-corrected chi connectivity index (χ0v) is 10.2. The van der Waals surface area contributed by atoms with E-state index in [-0.39, 0.29) is 5.48 Å². The van der Waals surface area contributed by atoms with Crippen LogP contribution < -0.4 is 0 Å².